The lowest BCUT2D eigenvalue weighted by Gasteiger charge is -2.24. The first-order valence-electron chi connectivity index (χ1n) is 6.28. The molecule has 2 fully saturated rings. The Kier molecular flexibility index (Phi) is 3.45. The number of likely N-dealkylation sites (N-methyl/N-ethyl adjacent to an activating group) is 1. The van der Waals surface area contributed by atoms with Gasteiger partial charge in [-0.2, -0.15) is 0 Å². The molecule has 1 heterocycles. The van der Waals surface area contributed by atoms with Crippen LogP contribution in [0.25, 0.3) is 0 Å². The summed E-state index contributed by atoms with van der Waals surface area (Å²) in [6, 6.07) is 1.58. The first-order valence-corrected chi connectivity index (χ1v) is 6.28. The zero-order chi connectivity index (χ0) is 9.97. The smallest absolute Gasteiger partial charge is 0.0221 e. The summed E-state index contributed by atoms with van der Waals surface area (Å²) in [5.41, 5.74) is 0. The molecule has 0 amide bonds. The van der Waals surface area contributed by atoms with Gasteiger partial charge in [-0.3, -0.25) is 4.90 Å². The lowest BCUT2D eigenvalue weighted by molar-refractivity contribution is 0.252. The maximum absolute atomic E-state index is 3.71. The maximum atomic E-state index is 3.71. The molecule has 0 radical (unpaired) electrons. The second-order valence-electron chi connectivity index (χ2n) is 4.96. The van der Waals surface area contributed by atoms with E-state index in [1.165, 1.54) is 45.3 Å². The molecule has 82 valence electrons. The first kappa shape index (κ1) is 10.4. The predicted octanol–water partition coefficient (Wildman–Crippen LogP) is 1.86. The molecule has 0 spiro atoms. The summed E-state index contributed by atoms with van der Waals surface area (Å²) in [7, 11) is 0. The SMILES string of the molecule is CCN1CCC[C@H]1CN[C@H](C)C1CC1. The molecule has 2 nitrogen and oxygen atoms in total. The van der Waals surface area contributed by atoms with Crippen LogP contribution in [0.15, 0.2) is 0 Å². The Morgan fingerprint density at radius 1 is 1.36 bits per heavy atom. The Bertz CT molecular complexity index is 177. The van der Waals surface area contributed by atoms with Crippen LogP contribution in [0.4, 0.5) is 0 Å². The van der Waals surface area contributed by atoms with E-state index in [1.807, 2.05) is 0 Å². The predicted molar refractivity (Wildman–Crippen MR) is 60.5 cm³/mol. The molecule has 1 saturated heterocycles. The number of hydrogen-bond acceptors (Lipinski definition) is 2. The molecule has 2 aliphatic rings. The van der Waals surface area contributed by atoms with Crippen molar-refractivity contribution in [3.05, 3.63) is 0 Å². The van der Waals surface area contributed by atoms with Gasteiger partial charge in [-0.05, 0) is 51.6 Å². The largest absolute Gasteiger partial charge is 0.312 e. The van der Waals surface area contributed by atoms with Gasteiger partial charge >= 0.3 is 0 Å². The Hall–Kier alpha value is -0.0800. The minimum atomic E-state index is 0.759. The maximum Gasteiger partial charge on any atom is 0.0221 e. The van der Waals surface area contributed by atoms with Crippen molar-refractivity contribution < 1.29 is 0 Å². The number of rotatable bonds is 5. The van der Waals surface area contributed by atoms with Crippen LogP contribution in [0.1, 0.15) is 39.5 Å². The van der Waals surface area contributed by atoms with Gasteiger partial charge in [0.2, 0.25) is 0 Å². The minimum absolute atomic E-state index is 0.759. The van der Waals surface area contributed by atoms with Crippen LogP contribution < -0.4 is 5.32 Å². The highest BCUT2D eigenvalue weighted by molar-refractivity contribution is 4.86. The molecular formula is C12H24N2. The summed E-state index contributed by atoms with van der Waals surface area (Å²) in [6.45, 7) is 8.39. The third kappa shape index (κ3) is 2.48. The van der Waals surface area contributed by atoms with Gasteiger partial charge in [-0.25, -0.2) is 0 Å². The van der Waals surface area contributed by atoms with Gasteiger partial charge in [-0.1, -0.05) is 6.92 Å². The molecule has 0 bridgehead atoms. The zero-order valence-electron chi connectivity index (χ0n) is 9.63. The van der Waals surface area contributed by atoms with Crippen LogP contribution in [-0.2, 0) is 0 Å². The van der Waals surface area contributed by atoms with Crippen LogP contribution in [0.2, 0.25) is 0 Å². The van der Waals surface area contributed by atoms with Crippen molar-refractivity contribution in [2.75, 3.05) is 19.6 Å². The fourth-order valence-electron chi connectivity index (χ4n) is 2.63. The van der Waals surface area contributed by atoms with Crippen LogP contribution in [0, 0.1) is 5.92 Å². The third-order valence-electron chi connectivity index (χ3n) is 3.91. The standard InChI is InChI=1S/C12H24N2/c1-3-14-8-4-5-12(14)9-13-10(2)11-6-7-11/h10-13H,3-9H2,1-2H3/t10-,12+/m1/s1. The molecule has 0 aromatic heterocycles. The summed E-state index contributed by atoms with van der Waals surface area (Å²) in [5.74, 6) is 0.992. The van der Waals surface area contributed by atoms with Crippen LogP contribution in [-0.4, -0.2) is 36.6 Å². The second-order valence-corrected chi connectivity index (χ2v) is 4.96. The molecule has 1 aliphatic heterocycles. The first-order chi connectivity index (χ1) is 6.81. The van der Waals surface area contributed by atoms with Gasteiger partial charge in [0.05, 0.1) is 0 Å². The van der Waals surface area contributed by atoms with Crippen molar-refractivity contribution in [1.82, 2.24) is 10.2 Å². The third-order valence-corrected chi connectivity index (χ3v) is 3.91. The van der Waals surface area contributed by atoms with Gasteiger partial charge in [0, 0.05) is 18.6 Å². The fourth-order valence-corrected chi connectivity index (χ4v) is 2.63. The van der Waals surface area contributed by atoms with Gasteiger partial charge in [0.25, 0.3) is 0 Å². The van der Waals surface area contributed by atoms with E-state index in [9.17, 15) is 0 Å². The fraction of sp³-hybridized carbons (Fsp3) is 1.00. The average Bonchev–Trinajstić information content (AvgIpc) is 2.94. The van der Waals surface area contributed by atoms with Crippen molar-refractivity contribution in [3.8, 4) is 0 Å². The summed E-state index contributed by atoms with van der Waals surface area (Å²) in [5, 5.41) is 3.71. The quantitative estimate of drug-likeness (QED) is 0.722. The van der Waals surface area contributed by atoms with Crippen LogP contribution in [0.5, 0.6) is 0 Å². The van der Waals surface area contributed by atoms with Crippen molar-refractivity contribution in [1.29, 1.82) is 0 Å². The van der Waals surface area contributed by atoms with Gasteiger partial charge in [0.1, 0.15) is 0 Å². The Balaban J connectivity index is 1.68. The van der Waals surface area contributed by atoms with Crippen molar-refractivity contribution in [2.24, 2.45) is 5.92 Å². The average molecular weight is 196 g/mol. The Labute approximate surface area is 88.1 Å². The van der Waals surface area contributed by atoms with Gasteiger partial charge in [-0.15, -0.1) is 0 Å². The van der Waals surface area contributed by atoms with E-state index < -0.39 is 0 Å². The summed E-state index contributed by atoms with van der Waals surface area (Å²) >= 11 is 0. The van der Waals surface area contributed by atoms with Gasteiger partial charge < -0.3 is 5.32 Å². The second kappa shape index (κ2) is 4.63. The number of likely N-dealkylation sites (tertiary alicyclic amines) is 1. The lowest BCUT2D eigenvalue weighted by atomic mass is 10.1. The van der Waals surface area contributed by atoms with E-state index in [0.29, 0.717) is 0 Å². The molecule has 1 saturated carbocycles. The summed E-state index contributed by atoms with van der Waals surface area (Å²) in [6.07, 6.45) is 5.71. The lowest BCUT2D eigenvalue weighted by Crippen LogP contribution is -2.41. The molecule has 2 heteroatoms. The van der Waals surface area contributed by atoms with Crippen molar-refractivity contribution >= 4 is 0 Å². The Morgan fingerprint density at radius 3 is 2.79 bits per heavy atom. The van der Waals surface area contributed by atoms with Gasteiger partial charge in [0.15, 0.2) is 0 Å². The summed E-state index contributed by atoms with van der Waals surface area (Å²) in [4.78, 5) is 2.62. The van der Waals surface area contributed by atoms with E-state index >= 15 is 0 Å². The van der Waals surface area contributed by atoms with E-state index in [-0.39, 0.29) is 0 Å². The molecule has 2 atom stereocenters. The highest BCUT2D eigenvalue weighted by Gasteiger charge is 2.29. The minimum Gasteiger partial charge on any atom is -0.312 e. The zero-order valence-corrected chi connectivity index (χ0v) is 9.63. The molecule has 2 rings (SSSR count). The molecule has 0 aromatic rings. The molecule has 0 aromatic carbocycles. The van der Waals surface area contributed by atoms with Crippen LogP contribution in [0.3, 0.4) is 0 Å². The van der Waals surface area contributed by atoms with E-state index in [4.69, 9.17) is 0 Å². The number of nitrogens with zero attached hydrogens (tertiary/aromatic N) is 1. The normalized spacial score (nSPS) is 30.9. The van der Waals surface area contributed by atoms with Crippen molar-refractivity contribution in [2.45, 2.75) is 51.6 Å². The molecule has 1 aliphatic carbocycles. The van der Waals surface area contributed by atoms with E-state index in [1.54, 1.807) is 0 Å². The molecule has 14 heavy (non-hydrogen) atoms. The van der Waals surface area contributed by atoms with Crippen molar-refractivity contribution in [3.63, 3.8) is 0 Å². The topological polar surface area (TPSA) is 15.3 Å². The highest BCUT2D eigenvalue weighted by atomic mass is 15.2. The monoisotopic (exact) mass is 196 g/mol. The summed E-state index contributed by atoms with van der Waals surface area (Å²) < 4.78 is 0. The molecule has 1 N–H and O–H groups in total. The molecular weight excluding hydrogens is 172 g/mol. The van der Waals surface area contributed by atoms with E-state index in [2.05, 4.69) is 24.1 Å². The number of hydrogen-bond donors (Lipinski definition) is 1. The number of nitrogens with one attached hydrogen (secondary N) is 1. The Morgan fingerprint density at radius 2 is 2.14 bits per heavy atom. The highest BCUT2D eigenvalue weighted by Crippen LogP contribution is 2.32. The molecule has 0 unspecified atom stereocenters. The van der Waals surface area contributed by atoms with E-state index in [0.717, 1.165) is 18.0 Å². The van der Waals surface area contributed by atoms with Crippen LogP contribution >= 0.6 is 0 Å².